The topological polar surface area (TPSA) is 55.0 Å². The molecule has 1 aromatic heterocycles. The molecule has 0 radical (unpaired) electrons. The van der Waals surface area contributed by atoms with Crippen molar-refractivity contribution < 1.29 is 9.53 Å². The maximum absolute atomic E-state index is 12.2. The van der Waals surface area contributed by atoms with Crippen molar-refractivity contribution in [3.8, 4) is 17.5 Å². The van der Waals surface area contributed by atoms with E-state index in [0.717, 1.165) is 5.69 Å². The minimum absolute atomic E-state index is 0.412. The second-order valence-electron chi connectivity index (χ2n) is 4.67. The second kappa shape index (κ2) is 5.98. The summed E-state index contributed by atoms with van der Waals surface area (Å²) in [6.07, 6.45) is 3.82. The van der Waals surface area contributed by atoms with Crippen LogP contribution in [-0.4, -0.2) is 10.5 Å². The van der Waals surface area contributed by atoms with Gasteiger partial charge >= 0.3 is 5.97 Å². The van der Waals surface area contributed by atoms with Crippen LogP contribution in [0.25, 0.3) is 5.69 Å². The molecule has 0 atom stereocenters. The highest BCUT2D eigenvalue weighted by atomic mass is 16.5. The highest BCUT2D eigenvalue weighted by Gasteiger charge is 2.09. The van der Waals surface area contributed by atoms with E-state index in [0.29, 0.717) is 16.9 Å². The number of nitrogens with zero attached hydrogens (tertiary/aromatic N) is 2. The van der Waals surface area contributed by atoms with Gasteiger partial charge in [0.25, 0.3) is 0 Å². The molecule has 0 aliphatic heterocycles. The van der Waals surface area contributed by atoms with Crippen LogP contribution in [0.3, 0.4) is 0 Å². The van der Waals surface area contributed by atoms with Gasteiger partial charge in [-0.05, 0) is 54.6 Å². The third-order valence-corrected chi connectivity index (χ3v) is 3.18. The monoisotopic (exact) mass is 288 g/mol. The first kappa shape index (κ1) is 13.7. The summed E-state index contributed by atoms with van der Waals surface area (Å²) >= 11 is 0. The van der Waals surface area contributed by atoms with Crippen LogP contribution in [0, 0.1) is 11.3 Å². The molecule has 4 heteroatoms. The number of esters is 1. The first-order valence-corrected chi connectivity index (χ1v) is 6.72. The Kier molecular flexibility index (Phi) is 3.71. The van der Waals surface area contributed by atoms with E-state index in [2.05, 4.69) is 0 Å². The van der Waals surface area contributed by atoms with Crippen molar-refractivity contribution in [1.82, 2.24) is 4.57 Å². The smallest absolute Gasteiger partial charge is 0.343 e. The van der Waals surface area contributed by atoms with Gasteiger partial charge < -0.3 is 9.30 Å². The number of nitriles is 1. The van der Waals surface area contributed by atoms with Crippen LogP contribution >= 0.6 is 0 Å². The number of hydrogen-bond acceptors (Lipinski definition) is 3. The zero-order chi connectivity index (χ0) is 15.4. The molecule has 4 nitrogen and oxygen atoms in total. The van der Waals surface area contributed by atoms with Gasteiger partial charge in [0.15, 0.2) is 0 Å². The molecule has 3 rings (SSSR count). The van der Waals surface area contributed by atoms with E-state index < -0.39 is 5.97 Å². The first-order chi connectivity index (χ1) is 10.8. The molecule has 0 saturated heterocycles. The number of carbonyl (C=O) groups excluding carboxylic acids is 1. The number of hydrogen-bond donors (Lipinski definition) is 0. The van der Waals surface area contributed by atoms with Gasteiger partial charge in [-0.1, -0.05) is 6.07 Å². The van der Waals surface area contributed by atoms with E-state index in [1.165, 1.54) is 0 Å². The number of benzene rings is 2. The highest BCUT2D eigenvalue weighted by Crippen LogP contribution is 2.16. The summed E-state index contributed by atoms with van der Waals surface area (Å²) in [5, 5.41) is 8.75. The lowest BCUT2D eigenvalue weighted by atomic mass is 10.2. The van der Waals surface area contributed by atoms with Gasteiger partial charge in [-0.25, -0.2) is 4.79 Å². The van der Waals surface area contributed by atoms with E-state index in [1.54, 1.807) is 36.4 Å². The Balaban J connectivity index is 1.80. The third-order valence-electron chi connectivity index (χ3n) is 3.18. The van der Waals surface area contributed by atoms with Crippen LogP contribution in [0.5, 0.6) is 5.75 Å². The first-order valence-electron chi connectivity index (χ1n) is 6.72. The van der Waals surface area contributed by atoms with Gasteiger partial charge in [0, 0.05) is 18.1 Å². The highest BCUT2D eigenvalue weighted by molar-refractivity contribution is 5.91. The zero-order valence-electron chi connectivity index (χ0n) is 11.6. The predicted molar refractivity (Wildman–Crippen MR) is 81.9 cm³/mol. The van der Waals surface area contributed by atoms with Crippen molar-refractivity contribution >= 4 is 5.97 Å². The number of rotatable bonds is 3. The average Bonchev–Trinajstić information content (AvgIpc) is 3.10. The third kappa shape index (κ3) is 2.89. The lowest BCUT2D eigenvalue weighted by molar-refractivity contribution is 0.0734. The van der Waals surface area contributed by atoms with Crippen LogP contribution < -0.4 is 4.74 Å². The largest absolute Gasteiger partial charge is 0.423 e. The number of aromatic nitrogens is 1. The maximum Gasteiger partial charge on any atom is 0.343 e. The van der Waals surface area contributed by atoms with Gasteiger partial charge in [-0.15, -0.1) is 0 Å². The van der Waals surface area contributed by atoms with Crippen molar-refractivity contribution in [3.63, 3.8) is 0 Å². The summed E-state index contributed by atoms with van der Waals surface area (Å²) in [6, 6.07) is 19.5. The average molecular weight is 288 g/mol. The van der Waals surface area contributed by atoms with Crippen molar-refractivity contribution in [2.24, 2.45) is 0 Å². The van der Waals surface area contributed by atoms with E-state index in [4.69, 9.17) is 10.00 Å². The molecule has 0 amide bonds. The molecule has 1 heterocycles. The Morgan fingerprint density at radius 3 is 2.41 bits per heavy atom. The minimum Gasteiger partial charge on any atom is -0.423 e. The normalized spacial score (nSPS) is 9.95. The molecule has 0 saturated carbocycles. The molecular weight excluding hydrogens is 276 g/mol. The minimum atomic E-state index is -0.432. The van der Waals surface area contributed by atoms with Crippen molar-refractivity contribution in [1.29, 1.82) is 5.26 Å². The van der Waals surface area contributed by atoms with Gasteiger partial charge in [-0.2, -0.15) is 5.26 Å². The SMILES string of the molecule is N#Cc1ccc(OC(=O)c2cccc(-n3cccc3)c2)cc1. The zero-order valence-corrected chi connectivity index (χ0v) is 11.6. The van der Waals surface area contributed by atoms with E-state index >= 15 is 0 Å². The van der Waals surface area contributed by atoms with Crippen molar-refractivity contribution in [2.75, 3.05) is 0 Å². The van der Waals surface area contributed by atoms with Gasteiger partial charge in [0.05, 0.1) is 17.2 Å². The molecule has 106 valence electrons. The quantitative estimate of drug-likeness (QED) is 0.547. The molecule has 2 aromatic carbocycles. The van der Waals surface area contributed by atoms with Crippen LogP contribution in [0.15, 0.2) is 73.1 Å². The Morgan fingerprint density at radius 1 is 1.00 bits per heavy atom. The molecule has 22 heavy (non-hydrogen) atoms. The second-order valence-corrected chi connectivity index (χ2v) is 4.67. The predicted octanol–water partition coefficient (Wildman–Crippen LogP) is 3.57. The molecule has 0 bridgehead atoms. The maximum atomic E-state index is 12.2. The van der Waals surface area contributed by atoms with Crippen LogP contribution in [0.4, 0.5) is 0 Å². The Morgan fingerprint density at radius 2 is 1.73 bits per heavy atom. The van der Waals surface area contributed by atoms with E-state index in [9.17, 15) is 4.79 Å². The summed E-state index contributed by atoms with van der Waals surface area (Å²) in [6.45, 7) is 0. The van der Waals surface area contributed by atoms with E-state index in [-0.39, 0.29) is 0 Å². The molecule has 3 aromatic rings. The Hall–Kier alpha value is -3.32. The van der Waals surface area contributed by atoms with E-state index in [1.807, 2.05) is 47.3 Å². The molecule has 0 aliphatic rings. The fraction of sp³-hybridized carbons (Fsp3) is 0. The fourth-order valence-corrected chi connectivity index (χ4v) is 2.06. The summed E-state index contributed by atoms with van der Waals surface area (Å²) in [7, 11) is 0. The van der Waals surface area contributed by atoms with Gasteiger partial charge in [0.1, 0.15) is 5.75 Å². The molecular formula is C18H12N2O2. The van der Waals surface area contributed by atoms with Gasteiger partial charge in [-0.3, -0.25) is 0 Å². The van der Waals surface area contributed by atoms with Gasteiger partial charge in [0.2, 0.25) is 0 Å². The fourth-order valence-electron chi connectivity index (χ4n) is 2.06. The van der Waals surface area contributed by atoms with Crippen LogP contribution in [0.2, 0.25) is 0 Å². The number of carbonyl (C=O) groups is 1. The summed E-state index contributed by atoms with van der Waals surface area (Å²) < 4.78 is 7.23. The lowest BCUT2D eigenvalue weighted by Crippen LogP contribution is -2.09. The Bertz CT molecular complexity index is 828. The lowest BCUT2D eigenvalue weighted by Gasteiger charge is -2.07. The molecule has 0 N–H and O–H groups in total. The Labute approximate surface area is 127 Å². The van der Waals surface area contributed by atoms with Crippen LogP contribution in [-0.2, 0) is 0 Å². The molecule has 0 aliphatic carbocycles. The van der Waals surface area contributed by atoms with Crippen molar-refractivity contribution in [3.05, 3.63) is 84.2 Å². The van der Waals surface area contributed by atoms with Crippen LogP contribution in [0.1, 0.15) is 15.9 Å². The summed E-state index contributed by atoms with van der Waals surface area (Å²) in [4.78, 5) is 12.2. The standard InChI is InChI=1S/C18H12N2O2/c19-13-14-6-8-17(9-7-14)22-18(21)15-4-3-5-16(12-15)20-10-1-2-11-20/h1-12H. The molecule has 0 unspecified atom stereocenters. The number of ether oxygens (including phenoxy) is 1. The summed E-state index contributed by atoms with van der Waals surface area (Å²) in [5.41, 5.74) is 1.88. The molecule has 0 spiro atoms. The summed E-state index contributed by atoms with van der Waals surface area (Å²) in [5.74, 6) is -0.0194. The molecule has 0 fully saturated rings. The van der Waals surface area contributed by atoms with Crippen molar-refractivity contribution in [2.45, 2.75) is 0 Å².